The number of anilines is 6. The molecule has 7 aromatic rings. The summed E-state index contributed by atoms with van der Waals surface area (Å²) in [5.74, 6) is 0.890. The zero-order chi connectivity index (χ0) is 28.9. The monoisotopic (exact) mass is 562 g/mol. The van der Waals surface area contributed by atoms with Crippen LogP contribution in [-0.4, -0.2) is 6.71 Å². The van der Waals surface area contributed by atoms with Crippen LogP contribution in [0.2, 0.25) is 0 Å². The lowest BCUT2D eigenvalue weighted by atomic mass is 9.33. The number of para-hydroxylation sites is 3. The van der Waals surface area contributed by atoms with Crippen LogP contribution in [0.15, 0.2) is 138 Å². The number of hydrogen-bond donors (Lipinski definition) is 0. The average Bonchev–Trinajstić information content (AvgIpc) is 3.51. The molecule has 10 rings (SSSR count). The highest BCUT2D eigenvalue weighted by Gasteiger charge is 2.44. The molecule has 206 valence electrons. The molecule has 4 heteroatoms. The van der Waals surface area contributed by atoms with Crippen LogP contribution in [0.5, 0.6) is 0 Å². The summed E-state index contributed by atoms with van der Waals surface area (Å²) in [6.07, 6.45) is 0.960. The van der Waals surface area contributed by atoms with E-state index in [1.807, 2.05) is 12.1 Å². The van der Waals surface area contributed by atoms with Gasteiger partial charge in [-0.3, -0.25) is 0 Å². The van der Waals surface area contributed by atoms with Gasteiger partial charge in [-0.05, 0) is 95.1 Å². The summed E-state index contributed by atoms with van der Waals surface area (Å²) in [5, 5.41) is 1.12. The maximum Gasteiger partial charge on any atom is 0.252 e. The number of nitrogens with zero attached hydrogens (tertiary/aromatic N) is 2. The van der Waals surface area contributed by atoms with Crippen molar-refractivity contribution in [2.75, 3.05) is 9.80 Å². The summed E-state index contributed by atoms with van der Waals surface area (Å²) >= 11 is 0. The van der Waals surface area contributed by atoms with Gasteiger partial charge in [-0.15, -0.1) is 0 Å². The Bertz CT molecular complexity index is 2270. The van der Waals surface area contributed by atoms with Crippen molar-refractivity contribution in [3.8, 4) is 11.3 Å². The molecule has 3 nitrogen and oxygen atoms in total. The molecule has 0 radical (unpaired) electrons. The summed E-state index contributed by atoms with van der Waals surface area (Å²) in [6, 6.07) is 48.8. The van der Waals surface area contributed by atoms with Gasteiger partial charge in [-0.2, -0.15) is 0 Å². The fraction of sp³-hybridized carbons (Fsp3) is 0.0500. The standard InChI is InChI=1S/C40H27BN2O/c1-25-16-21-34-32(22-25)41-31-11-6-10-29-23-27-8-2-4-12-33(27)43(40(29)31)36-14-7-13-35(39(36)41)42(34)30-19-17-26(18-20-30)38-24-28-9-3-5-15-37(28)44-38/h2-22,24H,23H2,1H3. The molecule has 6 aromatic carbocycles. The van der Waals surface area contributed by atoms with Crippen molar-refractivity contribution in [1.29, 1.82) is 0 Å². The zero-order valence-electron chi connectivity index (χ0n) is 24.3. The molecular formula is C40H27BN2O. The highest BCUT2D eigenvalue weighted by molar-refractivity contribution is 7.00. The molecule has 0 amide bonds. The van der Waals surface area contributed by atoms with Crippen molar-refractivity contribution in [2.24, 2.45) is 0 Å². The van der Waals surface area contributed by atoms with Crippen LogP contribution in [0.1, 0.15) is 16.7 Å². The first-order valence-corrected chi connectivity index (χ1v) is 15.4. The second-order valence-corrected chi connectivity index (χ2v) is 12.2. The van der Waals surface area contributed by atoms with Crippen LogP contribution in [0.3, 0.4) is 0 Å². The van der Waals surface area contributed by atoms with Gasteiger partial charge in [0, 0.05) is 51.5 Å². The molecule has 0 unspecified atom stereocenters. The van der Waals surface area contributed by atoms with Gasteiger partial charge in [0.2, 0.25) is 0 Å². The van der Waals surface area contributed by atoms with Crippen LogP contribution in [-0.2, 0) is 6.42 Å². The topological polar surface area (TPSA) is 19.6 Å². The fourth-order valence-corrected chi connectivity index (χ4v) is 7.83. The lowest BCUT2D eigenvalue weighted by Gasteiger charge is -2.46. The first-order valence-electron chi connectivity index (χ1n) is 15.4. The van der Waals surface area contributed by atoms with Gasteiger partial charge in [0.05, 0.1) is 0 Å². The summed E-state index contributed by atoms with van der Waals surface area (Å²) in [5.41, 5.74) is 17.7. The predicted octanol–water partition coefficient (Wildman–Crippen LogP) is 8.40. The van der Waals surface area contributed by atoms with E-state index in [0.29, 0.717) is 0 Å². The second kappa shape index (κ2) is 8.78. The summed E-state index contributed by atoms with van der Waals surface area (Å²) in [4.78, 5) is 4.99. The number of fused-ring (bicyclic) bond motifs is 7. The molecule has 0 spiro atoms. The lowest BCUT2D eigenvalue weighted by Crippen LogP contribution is -2.61. The first kappa shape index (κ1) is 24.0. The molecule has 3 aliphatic rings. The Morgan fingerprint density at radius 1 is 0.591 bits per heavy atom. The van der Waals surface area contributed by atoms with Crippen LogP contribution in [0.25, 0.3) is 22.3 Å². The normalized spacial score (nSPS) is 13.8. The van der Waals surface area contributed by atoms with Crippen LogP contribution >= 0.6 is 0 Å². The van der Waals surface area contributed by atoms with E-state index in [1.165, 1.54) is 61.5 Å². The molecular weight excluding hydrogens is 535 g/mol. The maximum absolute atomic E-state index is 6.20. The third-order valence-corrected chi connectivity index (χ3v) is 9.70. The number of aryl methyl sites for hydroxylation is 1. The van der Waals surface area contributed by atoms with Crippen LogP contribution in [0, 0.1) is 6.92 Å². The Kier molecular flexibility index (Phi) is 4.79. The molecule has 0 fully saturated rings. The van der Waals surface area contributed by atoms with E-state index >= 15 is 0 Å². The van der Waals surface area contributed by atoms with Crippen LogP contribution < -0.4 is 26.2 Å². The van der Waals surface area contributed by atoms with Gasteiger partial charge in [0.1, 0.15) is 11.3 Å². The Morgan fingerprint density at radius 3 is 2.23 bits per heavy atom. The molecule has 4 heterocycles. The summed E-state index contributed by atoms with van der Waals surface area (Å²) in [7, 11) is 0. The largest absolute Gasteiger partial charge is 0.456 e. The highest BCUT2D eigenvalue weighted by atomic mass is 16.3. The number of benzene rings is 6. The minimum atomic E-state index is 0.165. The maximum atomic E-state index is 6.20. The summed E-state index contributed by atoms with van der Waals surface area (Å²) in [6.45, 7) is 2.37. The Hall–Kier alpha value is -5.48. The van der Waals surface area contributed by atoms with Crippen molar-refractivity contribution in [2.45, 2.75) is 13.3 Å². The second-order valence-electron chi connectivity index (χ2n) is 12.2. The molecule has 1 aromatic heterocycles. The molecule has 0 saturated heterocycles. The zero-order valence-corrected chi connectivity index (χ0v) is 24.3. The van der Waals surface area contributed by atoms with E-state index in [2.05, 4.69) is 138 Å². The number of furan rings is 1. The van der Waals surface area contributed by atoms with Crippen molar-refractivity contribution in [1.82, 2.24) is 0 Å². The van der Waals surface area contributed by atoms with Gasteiger partial charge in [0.25, 0.3) is 6.71 Å². The molecule has 0 bridgehead atoms. The third-order valence-electron chi connectivity index (χ3n) is 9.70. The SMILES string of the molecule is Cc1ccc2c(c1)B1c3cccc4c3N(c3ccccc3C4)c3cccc(c31)N2c1ccc(-c2cc3ccccc3o2)cc1. The van der Waals surface area contributed by atoms with Crippen LogP contribution in [0.4, 0.5) is 34.1 Å². The lowest BCUT2D eigenvalue weighted by molar-refractivity contribution is 0.631. The molecule has 0 N–H and O–H groups in total. The van der Waals surface area contributed by atoms with E-state index in [9.17, 15) is 0 Å². The Labute approximate surface area is 256 Å². The van der Waals surface area contributed by atoms with Crippen molar-refractivity contribution in [3.63, 3.8) is 0 Å². The first-order chi connectivity index (χ1) is 21.7. The fourth-order valence-electron chi connectivity index (χ4n) is 7.83. The van der Waals surface area contributed by atoms with E-state index in [0.717, 1.165) is 34.4 Å². The van der Waals surface area contributed by atoms with Gasteiger partial charge < -0.3 is 14.2 Å². The number of hydrogen-bond acceptors (Lipinski definition) is 3. The van der Waals surface area contributed by atoms with Crippen molar-refractivity contribution >= 4 is 68.2 Å². The minimum absolute atomic E-state index is 0.165. The predicted molar refractivity (Wildman–Crippen MR) is 183 cm³/mol. The summed E-state index contributed by atoms with van der Waals surface area (Å²) < 4.78 is 6.20. The van der Waals surface area contributed by atoms with Gasteiger partial charge in [-0.1, -0.05) is 78.4 Å². The molecule has 0 atom stereocenters. The Morgan fingerprint density at radius 2 is 1.34 bits per heavy atom. The average molecular weight is 562 g/mol. The smallest absolute Gasteiger partial charge is 0.252 e. The Balaban J connectivity index is 1.19. The quantitative estimate of drug-likeness (QED) is 0.197. The van der Waals surface area contributed by atoms with Gasteiger partial charge >= 0.3 is 0 Å². The van der Waals surface area contributed by atoms with E-state index < -0.39 is 0 Å². The minimum Gasteiger partial charge on any atom is -0.456 e. The van der Waals surface area contributed by atoms with E-state index in [4.69, 9.17) is 4.42 Å². The van der Waals surface area contributed by atoms with E-state index in [-0.39, 0.29) is 6.71 Å². The molecule has 0 aliphatic carbocycles. The molecule has 0 saturated carbocycles. The number of rotatable bonds is 2. The highest BCUT2D eigenvalue weighted by Crippen LogP contribution is 2.48. The van der Waals surface area contributed by atoms with Crippen molar-refractivity contribution < 1.29 is 4.42 Å². The molecule has 3 aliphatic heterocycles. The van der Waals surface area contributed by atoms with Gasteiger partial charge in [0.15, 0.2) is 0 Å². The third kappa shape index (κ3) is 3.23. The van der Waals surface area contributed by atoms with Crippen molar-refractivity contribution in [3.05, 3.63) is 150 Å². The van der Waals surface area contributed by atoms with Gasteiger partial charge in [-0.25, -0.2) is 0 Å². The molecule has 44 heavy (non-hydrogen) atoms. The van der Waals surface area contributed by atoms with E-state index in [1.54, 1.807) is 0 Å².